The van der Waals surface area contributed by atoms with Gasteiger partial charge in [0.1, 0.15) is 11.6 Å². The van der Waals surface area contributed by atoms with Gasteiger partial charge in [-0.2, -0.15) is 5.10 Å². The Morgan fingerprint density at radius 3 is 2.50 bits per heavy atom. The predicted molar refractivity (Wildman–Crippen MR) is 75.6 cm³/mol. The van der Waals surface area contributed by atoms with Crippen LogP contribution < -0.4 is 5.43 Å². The Hall–Kier alpha value is -2.08. The van der Waals surface area contributed by atoms with Gasteiger partial charge in [-0.15, -0.1) is 0 Å². The van der Waals surface area contributed by atoms with E-state index < -0.39 is 11.7 Å². The third-order valence-corrected chi connectivity index (χ3v) is 3.04. The van der Waals surface area contributed by atoms with Crippen LogP contribution in [0.25, 0.3) is 0 Å². The Kier molecular flexibility index (Phi) is 4.57. The van der Waals surface area contributed by atoms with Crippen molar-refractivity contribution in [2.75, 3.05) is 0 Å². The first-order chi connectivity index (χ1) is 9.56. The quantitative estimate of drug-likeness (QED) is 0.675. The SMILES string of the molecule is O=C(N/N=C/c1ccc(F)c(Br)c1)c1ccc(F)cc1. The van der Waals surface area contributed by atoms with Gasteiger partial charge in [0.2, 0.25) is 0 Å². The van der Waals surface area contributed by atoms with Crippen LogP contribution in [0.15, 0.2) is 52.0 Å². The van der Waals surface area contributed by atoms with E-state index in [1.165, 1.54) is 48.7 Å². The fourth-order valence-corrected chi connectivity index (χ4v) is 1.82. The van der Waals surface area contributed by atoms with Gasteiger partial charge < -0.3 is 0 Å². The van der Waals surface area contributed by atoms with Crippen LogP contribution in [-0.2, 0) is 0 Å². The van der Waals surface area contributed by atoms with Crippen LogP contribution in [0.2, 0.25) is 0 Å². The third-order valence-electron chi connectivity index (χ3n) is 2.43. The molecular weight excluding hydrogens is 330 g/mol. The van der Waals surface area contributed by atoms with Crippen LogP contribution in [-0.4, -0.2) is 12.1 Å². The molecule has 6 heteroatoms. The van der Waals surface area contributed by atoms with Crippen molar-refractivity contribution >= 4 is 28.1 Å². The molecule has 0 radical (unpaired) electrons. The Balaban J connectivity index is 2.00. The zero-order chi connectivity index (χ0) is 14.5. The number of benzene rings is 2. The van der Waals surface area contributed by atoms with Crippen LogP contribution in [0, 0.1) is 11.6 Å². The van der Waals surface area contributed by atoms with E-state index in [9.17, 15) is 13.6 Å². The Morgan fingerprint density at radius 1 is 1.15 bits per heavy atom. The molecule has 2 aromatic carbocycles. The van der Waals surface area contributed by atoms with Gasteiger partial charge in [0.05, 0.1) is 10.7 Å². The maximum absolute atomic E-state index is 13.0. The molecule has 20 heavy (non-hydrogen) atoms. The molecule has 0 unspecified atom stereocenters. The van der Waals surface area contributed by atoms with Crippen LogP contribution in [0.1, 0.15) is 15.9 Å². The van der Waals surface area contributed by atoms with E-state index in [0.717, 1.165) is 0 Å². The van der Waals surface area contributed by atoms with Gasteiger partial charge >= 0.3 is 0 Å². The molecule has 0 spiro atoms. The molecule has 0 aliphatic carbocycles. The van der Waals surface area contributed by atoms with Crippen LogP contribution in [0.5, 0.6) is 0 Å². The standard InChI is InChI=1S/C14H9BrF2N2O/c15-12-7-9(1-6-13(12)17)8-18-19-14(20)10-2-4-11(16)5-3-10/h1-8H,(H,19,20)/b18-8+. The number of carbonyl (C=O) groups excluding carboxylic acids is 1. The van der Waals surface area contributed by atoms with Crippen molar-refractivity contribution < 1.29 is 13.6 Å². The summed E-state index contributed by atoms with van der Waals surface area (Å²) >= 11 is 3.05. The molecule has 2 rings (SSSR count). The molecule has 0 saturated carbocycles. The zero-order valence-corrected chi connectivity index (χ0v) is 11.7. The molecule has 0 saturated heterocycles. The topological polar surface area (TPSA) is 41.5 Å². The van der Waals surface area contributed by atoms with Crippen LogP contribution in [0.4, 0.5) is 8.78 Å². The summed E-state index contributed by atoms with van der Waals surface area (Å²) in [5, 5.41) is 3.75. The number of halogens is 3. The number of hydrogen-bond acceptors (Lipinski definition) is 2. The van der Waals surface area contributed by atoms with E-state index in [1.807, 2.05) is 0 Å². The van der Waals surface area contributed by atoms with Gasteiger partial charge in [0.15, 0.2) is 0 Å². The highest BCUT2D eigenvalue weighted by Crippen LogP contribution is 2.15. The van der Waals surface area contributed by atoms with Crippen LogP contribution >= 0.6 is 15.9 Å². The van der Waals surface area contributed by atoms with E-state index in [-0.39, 0.29) is 5.82 Å². The minimum atomic E-state index is -0.456. The lowest BCUT2D eigenvalue weighted by Gasteiger charge is -2.00. The summed E-state index contributed by atoms with van der Waals surface area (Å²) in [6.45, 7) is 0. The molecular formula is C14H9BrF2N2O. The van der Waals surface area contributed by atoms with Crippen molar-refractivity contribution in [3.63, 3.8) is 0 Å². The second kappa shape index (κ2) is 6.38. The molecule has 0 aromatic heterocycles. The normalized spacial score (nSPS) is 10.8. The Morgan fingerprint density at radius 2 is 1.85 bits per heavy atom. The number of amides is 1. The molecule has 0 atom stereocenters. The molecule has 102 valence electrons. The Bertz CT molecular complexity index is 657. The van der Waals surface area contributed by atoms with E-state index in [1.54, 1.807) is 0 Å². The Labute approximate surface area is 122 Å². The van der Waals surface area contributed by atoms with Crippen molar-refractivity contribution in [1.29, 1.82) is 0 Å². The van der Waals surface area contributed by atoms with E-state index in [4.69, 9.17) is 0 Å². The summed E-state index contributed by atoms with van der Waals surface area (Å²) in [5.74, 6) is -1.25. The molecule has 0 aliphatic rings. The molecule has 0 bridgehead atoms. The van der Waals surface area contributed by atoms with E-state index in [2.05, 4.69) is 26.5 Å². The highest BCUT2D eigenvalue weighted by atomic mass is 79.9. The lowest BCUT2D eigenvalue weighted by atomic mass is 10.2. The largest absolute Gasteiger partial charge is 0.271 e. The number of carbonyl (C=O) groups is 1. The predicted octanol–water partition coefficient (Wildman–Crippen LogP) is 3.49. The minimum absolute atomic E-state index is 0.295. The molecule has 0 heterocycles. The number of rotatable bonds is 3. The fourth-order valence-electron chi connectivity index (χ4n) is 1.42. The molecule has 2 aromatic rings. The number of hydrogen-bond donors (Lipinski definition) is 1. The number of nitrogens with zero attached hydrogens (tertiary/aromatic N) is 1. The summed E-state index contributed by atoms with van der Waals surface area (Å²) in [6, 6.07) is 9.43. The average molecular weight is 339 g/mol. The first-order valence-corrected chi connectivity index (χ1v) is 6.39. The summed E-state index contributed by atoms with van der Waals surface area (Å²) in [6.07, 6.45) is 1.38. The van der Waals surface area contributed by atoms with Gasteiger partial charge in [-0.3, -0.25) is 4.79 Å². The first-order valence-electron chi connectivity index (χ1n) is 5.60. The van der Waals surface area contributed by atoms with Gasteiger partial charge in [-0.25, -0.2) is 14.2 Å². The second-order valence-electron chi connectivity index (χ2n) is 3.88. The summed E-state index contributed by atoms with van der Waals surface area (Å²) in [4.78, 5) is 11.7. The van der Waals surface area contributed by atoms with Crippen molar-refractivity contribution in [1.82, 2.24) is 5.43 Å². The van der Waals surface area contributed by atoms with Crippen LogP contribution in [0.3, 0.4) is 0 Å². The highest BCUT2D eigenvalue weighted by molar-refractivity contribution is 9.10. The molecule has 3 nitrogen and oxygen atoms in total. The lowest BCUT2D eigenvalue weighted by molar-refractivity contribution is 0.0955. The van der Waals surface area contributed by atoms with Crippen molar-refractivity contribution in [3.8, 4) is 0 Å². The third kappa shape index (κ3) is 3.71. The first kappa shape index (κ1) is 14.3. The summed E-state index contributed by atoms with van der Waals surface area (Å²) < 4.78 is 26.0. The van der Waals surface area contributed by atoms with Gasteiger partial charge in [-0.05, 0) is 57.9 Å². The summed E-state index contributed by atoms with van der Waals surface area (Å²) in [5.41, 5.74) is 3.22. The molecule has 0 fully saturated rings. The van der Waals surface area contributed by atoms with Gasteiger partial charge in [0.25, 0.3) is 5.91 Å². The lowest BCUT2D eigenvalue weighted by Crippen LogP contribution is -2.17. The highest BCUT2D eigenvalue weighted by Gasteiger charge is 2.03. The number of nitrogens with one attached hydrogen (secondary N) is 1. The maximum Gasteiger partial charge on any atom is 0.271 e. The minimum Gasteiger partial charge on any atom is -0.267 e. The fraction of sp³-hybridized carbons (Fsp3) is 0. The van der Waals surface area contributed by atoms with E-state index >= 15 is 0 Å². The van der Waals surface area contributed by atoms with E-state index in [0.29, 0.717) is 15.6 Å². The van der Waals surface area contributed by atoms with Gasteiger partial charge in [-0.1, -0.05) is 6.07 Å². The smallest absolute Gasteiger partial charge is 0.267 e. The molecule has 1 N–H and O–H groups in total. The van der Waals surface area contributed by atoms with Crippen molar-refractivity contribution in [3.05, 3.63) is 69.7 Å². The summed E-state index contributed by atoms with van der Waals surface area (Å²) in [7, 11) is 0. The monoisotopic (exact) mass is 338 g/mol. The number of hydrazone groups is 1. The van der Waals surface area contributed by atoms with Gasteiger partial charge in [0, 0.05) is 5.56 Å². The van der Waals surface area contributed by atoms with Crippen molar-refractivity contribution in [2.45, 2.75) is 0 Å². The van der Waals surface area contributed by atoms with Crippen molar-refractivity contribution in [2.24, 2.45) is 5.10 Å². The average Bonchev–Trinajstić information content (AvgIpc) is 2.43. The molecule has 0 aliphatic heterocycles. The maximum atomic E-state index is 13.0. The zero-order valence-electron chi connectivity index (χ0n) is 10.1. The second-order valence-corrected chi connectivity index (χ2v) is 4.73. The molecule has 1 amide bonds.